The number of methoxy groups -OCH3 is 1. The van der Waals surface area contributed by atoms with Crippen LogP contribution in [0.5, 0.6) is 0 Å². The smallest absolute Gasteiger partial charge is 0.242 e. The molecule has 0 aliphatic heterocycles. The lowest BCUT2D eigenvalue weighted by Crippen LogP contribution is -2.30. The Balaban J connectivity index is 3.01. The summed E-state index contributed by atoms with van der Waals surface area (Å²) in [6, 6.07) is 6.52. The summed E-state index contributed by atoms with van der Waals surface area (Å²) in [5.41, 5.74) is 6.56. The predicted octanol–water partition coefficient (Wildman–Crippen LogP) is 0.973. The van der Waals surface area contributed by atoms with E-state index in [0.29, 0.717) is 13.2 Å². The third-order valence-corrected chi connectivity index (χ3v) is 4.56. The van der Waals surface area contributed by atoms with Gasteiger partial charge in [0.1, 0.15) is 0 Å². The van der Waals surface area contributed by atoms with Crippen molar-refractivity contribution in [3.05, 3.63) is 29.8 Å². The fourth-order valence-electron chi connectivity index (χ4n) is 1.48. The van der Waals surface area contributed by atoms with Gasteiger partial charge >= 0.3 is 0 Å². The highest BCUT2D eigenvalue weighted by Crippen LogP contribution is 2.18. The van der Waals surface area contributed by atoms with Crippen LogP contribution in [-0.4, -0.2) is 40.0 Å². The van der Waals surface area contributed by atoms with Crippen molar-refractivity contribution >= 4 is 10.0 Å². The molecule has 2 N–H and O–H groups in total. The quantitative estimate of drug-likeness (QED) is 0.837. The molecule has 1 aromatic carbocycles. The van der Waals surface area contributed by atoms with Gasteiger partial charge in [0.05, 0.1) is 11.5 Å². The van der Waals surface area contributed by atoms with Crippen molar-refractivity contribution in [3.8, 4) is 0 Å². The Labute approximate surface area is 109 Å². The van der Waals surface area contributed by atoms with Crippen molar-refractivity contribution < 1.29 is 13.2 Å². The lowest BCUT2D eigenvalue weighted by atomic mass is 10.1. The first-order valence-corrected chi connectivity index (χ1v) is 7.14. The molecule has 18 heavy (non-hydrogen) atoms. The number of nitrogens with zero attached hydrogens (tertiary/aromatic N) is 1. The van der Waals surface area contributed by atoms with E-state index in [1.165, 1.54) is 18.5 Å². The topological polar surface area (TPSA) is 72.6 Å². The average molecular weight is 272 g/mol. The van der Waals surface area contributed by atoms with Gasteiger partial charge in [-0.25, -0.2) is 8.42 Å². The first kappa shape index (κ1) is 15.1. The predicted molar refractivity (Wildman–Crippen MR) is 70.7 cm³/mol. The molecule has 6 heteroatoms. The molecule has 0 fully saturated rings. The number of rotatable bonds is 6. The minimum atomic E-state index is -3.47. The fraction of sp³-hybridized carbons (Fsp3) is 0.500. The van der Waals surface area contributed by atoms with Crippen molar-refractivity contribution in [2.45, 2.75) is 17.9 Å². The number of hydrogen-bond acceptors (Lipinski definition) is 4. The Hall–Kier alpha value is -0.950. The zero-order valence-electron chi connectivity index (χ0n) is 11.0. The van der Waals surface area contributed by atoms with E-state index < -0.39 is 10.0 Å². The van der Waals surface area contributed by atoms with Gasteiger partial charge in [0.15, 0.2) is 0 Å². The van der Waals surface area contributed by atoms with Crippen molar-refractivity contribution in [2.24, 2.45) is 5.73 Å². The Bertz CT molecular complexity index is 486. The summed E-state index contributed by atoms with van der Waals surface area (Å²) in [6.45, 7) is 2.50. The van der Waals surface area contributed by atoms with Gasteiger partial charge in [0, 0.05) is 26.7 Å². The third kappa shape index (κ3) is 3.52. The minimum absolute atomic E-state index is 0.190. The van der Waals surface area contributed by atoms with Crippen LogP contribution in [0.2, 0.25) is 0 Å². The molecular weight excluding hydrogens is 252 g/mol. The molecule has 1 unspecified atom stereocenters. The second kappa shape index (κ2) is 6.29. The number of likely N-dealkylation sites (N-methyl/N-ethyl adjacent to an activating group) is 1. The van der Waals surface area contributed by atoms with E-state index in [2.05, 4.69) is 0 Å². The largest absolute Gasteiger partial charge is 0.383 e. The molecule has 0 heterocycles. The highest BCUT2D eigenvalue weighted by atomic mass is 32.2. The number of nitrogens with two attached hydrogens (primary N) is 1. The molecule has 0 aromatic heterocycles. The molecular formula is C12H20N2O3S. The molecule has 0 radical (unpaired) electrons. The summed E-state index contributed by atoms with van der Waals surface area (Å²) >= 11 is 0. The van der Waals surface area contributed by atoms with Crippen molar-refractivity contribution in [1.82, 2.24) is 4.31 Å². The summed E-state index contributed by atoms with van der Waals surface area (Å²) < 4.78 is 30.6. The molecule has 0 spiro atoms. The van der Waals surface area contributed by atoms with Crippen LogP contribution in [0.15, 0.2) is 29.2 Å². The van der Waals surface area contributed by atoms with Crippen molar-refractivity contribution in [1.29, 1.82) is 0 Å². The lowest BCUT2D eigenvalue weighted by molar-refractivity contribution is 0.185. The maximum atomic E-state index is 12.2. The SMILES string of the molecule is COCCN(C)S(=O)(=O)c1cccc(C(C)N)c1. The van der Waals surface area contributed by atoms with E-state index in [9.17, 15) is 8.42 Å². The van der Waals surface area contributed by atoms with Gasteiger partial charge in [-0.1, -0.05) is 12.1 Å². The van der Waals surface area contributed by atoms with Gasteiger partial charge in [-0.2, -0.15) is 4.31 Å². The van der Waals surface area contributed by atoms with Gasteiger partial charge in [-0.05, 0) is 24.6 Å². The number of benzene rings is 1. The molecule has 1 atom stereocenters. The van der Waals surface area contributed by atoms with E-state index in [0.717, 1.165) is 5.56 Å². The maximum Gasteiger partial charge on any atom is 0.242 e. The average Bonchev–Trinajstić information content (AvgIpc) is 2.35. The van der Waals surface area contributed by atoms with Gasteiger partial charge in [-0.3, -0.25) is 0 Å². The first-order chi connectivity index (χ1) is 8.39. The Morgan fingerprint density at radius 3 is 2.67 bits per heavy atom. The van der Waals surface area contributed by atoms with Crippen LogP contribution >= 0.6 is 0 Å². The second-order valence-corrected chi connectivity index (χ2v) is 6.23. The molecule has 0 saturated carbocycles. The Morgan fingerprint density at radius 1 is 1.44 bits per heavy atom. The van der Waals surface area contributed by atoms with Gasteiger partial charge in [0.25, 0.3) is 0 Å². The Kier molecular flexibility index (Phi) is 5.28. The molecule has 0 aliphatic rings. The summed E-state index contributed by atoms with van der Waals surface area (Å²) in [6.07, 6.45) is 0. The molecule has 1 aromatic rings. The monoisotopic (exact) mass is 272 g/mol. The molecule has 0 amide bonds. The highest BCUT2D eigenvalue weighted by Gasteiger charge is 2.20. The van der Waals surface area contributed by atoms with E-state index in [4.69, 9.17) is 10.5 Å². The molecule has 0 aliphatic carbocycles. The minimum Gasteiger partial charge on any atom is -0.383 e. The summed E-state index contributed by atoms with van der Waals surface area (Å²) in [5.74, 6) is 0. The van der Waals surface area contributed by atoms with Gasteiger partial charge in [0.2, 0.25) is 10.0 Å². The summed E-state index contributed by atoms with van der Waals surface area (Å²) in [7, 11) is -0.396. The maximum absolute atomic E-state index is 12.2. The third-order valence-electron chi connectivity index (χ3n) is 2.70. The molecule has 0 bridgehead atoms. The van der Waals surface area contributed by atoms with E-state index in [1.807, 2.05) is 13.0 Å². The van der Waals surface area contributed by atoms with Crippen LogP contribution in [0, 0.1) is 0 Å². The van der Waals surface area contributed by atoms with E-state index in [1.54, 1.807) is 18.2 Å². The van der Waals surface area contributed by atoms with Crippen molar-refractivity contribution in [2.75, 3.05) is 27.3 Å². The van der Waals surface area contributed by atoms with Crippen LogP contribution < -0.4 is 5.73 Å². The van der Waals surface area contributed by atoms with E-state index in [-0.39, 0.29) is 10.9 Å². The molecule has 102 valence electrons. The first-order valence-electron chi connectivity index (χ1n) is 5.70. The zero-order chi connectivity index (χ0) is 13.8. The van der Waals surface area contributed by atoms with Crippen LogP contribution in [0.4, 0.5) is 0 Å². The normalized spacial score (nSPS) is 13.8. The number of ether oxygens (including phenoxy) is 1. The van der Waals surface area contributed by atoms with Gasteiger partial charge in [-0.15, -0.1) is 0 Å². The number of sulfonamides is 1. The number of hydrogen-bond donors (Lipinski definition) is 1. The highest BCUT2D eigenvalue weighted by molar-refractivity contribution is 7.89. The summed E-state index contributed by atoms with van der Waals surface area (Å²) in [4.78, 5) is 0.260. The van der Waals surface area contributed by atoms with Crippen LogP contribution in [0.1, 0.15) is 18.5 Å². The molecule has 0 saturated heterocycles. The van der Waals surface area contributed by atoms with Crippen LogP contribution in [0.3, 0.4) is 0 Å². The fourth-order valence-corrected chi connectivity index (χ4v) is 2.69. The second-order valence-electron chi connectivity index (χ2n) is 4.18. The van der Waals surface area contributed by atoms with Crippen LogP contribution in [0.25, 0.3) is 0 Å². The standard InChI is InChI=1S/C12H20N2O3S/c1-10(13)11-5-4-6-12(9-11)18(15,16)14(2)7-8-17-3/h4-6,9-10H,7-8,13H2,1-3H3. The Morgan fingerprint density at radius 2 is 2.11 bits per heavy atom. The zero-order valence-corrected chi connectivity index (χ0v) is 11.8. The molecule has 1 rings (SSSR count). The molecule has 5 nitrogen and oxygen atoms in total. The van der Waals surface area contributed by atoms with Gasteiger partial charge < -0.3 is 10.5 Å². The lowest BCUT2D eigenvalue weighted by Gasteiger charge is -2.17. The van der Waals surface area contributed by atoms with E-state index >= 15 is 0 Å². The summed E-state index contributed by atoms with van der Waals surface area (Å²) in [5, 5.41) is 0. The van der Waals surface area contributed by atoms with Crippen LogP contribution in [-0.2, 0) is 14.8 Å². The van der Waals surface area contributed by atoms with Crippen molar-refractivity contribution in [3.63, 3.8) is 0 Å².